The van der Waals surface area contributed by atoms with E-state index in [0.717, 1.165) is 0 Å². The van der Waals surface area contributed by atoms with Crippen LogP contribution >= 0.6 is 0 Å². The Morgan fingerprint density at radius 3 is 2.09 bits per heavy atom. The van der Waals surface area contributed by atoms with Crippen LogP contribution in [0.3, 0.4) is 0 Å². The normalized spacial score (nSPS) is 13.8. The number of amides is 2. The van der Waals surface area contributed by atoms with E-state index < -0.39 is 17.8 Å². The first-order chi connectivity index (χ1) is 10.6. The zero-order valence-electron chi connectivity index (χ0n) is 11.7. The average Bonchev–Trinajstić information content (AvgIpc) is 2.79. The number of carbonyl (C=O) groups excluding carboxylic acids is 3. The fourth-order valence-corrected chi connectivity index (χ4v) is 1.70. The molecular weight excluding hydrogens is 296 g/mol. The molecule has 1 saturated heterocycles. The van der Waals surface area contributed by atoms with E-state index in [1.807, 2.05) is 0 Å². The lowest BCUT2D eigenvalue weighted by Gasteiger charge is -2.20. The zero-order chi connectivity index (χ0) is 16.4. The van der Waals surface area contributed by atoms with Crippen molar-refractivity contribution in [3.8, 4) is 0 Å². The predicted molar refractivity (Wildman–Crippen MR) is 71.6 cm³/mol. The predicted octanol–water partition coefficient (Wildman–Crippen LogP) is 0.516. The maximum absolute atomic E-state index is 11.7. The minimum absolute atomic E-state index is 0.0175. The van der Waals surface area contributed by atoms with Crippen LogP contribution in [0.15, 0.2) is 10.2 Å². The Labute approximate surface area is 124 Å². The van der Waals surface area contributed by atoms with Crippen LogP contribution in [0.4, 0.5) is 0 Å². The maximum atomic E-state index is 11.7. The molecule has 0 aromatic rings. The van der Waals surface area contributed by atoms with Crippen molar-refractivity contribution in [3.63, 3.8) is 0 Å². The first kappa shape index (κ1) is 17.2. The van der Waals surface area contributed by atoms with E-state index in [4.69, 9.17) is 15.9 Å². The molecule has 1 heterocycles. The monoisotopic (exact) mass is 310 g/mol. The average molecular weight is 310 g/mol. The number of nitrogens with zero attached hydrogens (tertiary/aromatic N) is 8. The largest absolute Gasteiger partial charge is 0.347 e. The lowest BCUT2D eigenvalue weighted by atomic mass is 10.4. The van der Waals surface area contributed by atoms with Gasteiger partial charge in [0, 0.05) is 48.8 Å². The van der Waals surface area contributed by atoms with Gasteiger partial charge in [-0.15, -0.1) is 5.06 Å². The van der Waals surface area contributed by atoms with E-state index in [9.17, 15) is 14.4 Å². The smallest absolute Gasteiger partial charge is 0.329 e. The van der Waals surface area contributed by atoms with Crippen molar-refractivity contribution in [2.75, 3.05) is 32.7 Å². The lowest BCUT2D eigenvalue weighted by molar-refractivity contribution is -0.198. The number of rotatable bonds is 9. The van der Waals surface area contributed by atoms with E-state index in [2.05, 4.69) is 20.1 Å². The van der Waals surface area contributed by atoms with Crippen LogP contribution in [0, 0.1) is 0 Å². The summed E-state index contributed by atoms with van der Waals surface area (Å²) in [5.74, 6) is -1.92. The summed E-state index contributed by atoms with van der Waals surface area (Å²) in [6.45, 7) is 0.464. The molecule has 0 radical (unpaired) electrons. The topological polar surface area (TPSA) is 164 Å². The van der Waals surface area contributed by atoms with Crippen molar-refractivity contribution < 1.29 is 19.2 Å². The molecular formula is C10H14N8O4. The van der Waals surface area contributed by atoms with Crippen molar-refractivity contribution >= 4 is 17.8 Å². The fraction of sp³-hybridized carbons (Fsp3) is 0.700. The Balaban J connectivity index is 2.52. The molecule has 118 valence electrons. The van der Waals surface area contributed by atoms with Crippen LogP contribution in [0.5, 0.6) is 0 Å². The SMILES string of the molecule is [N-]=[N+]=NCCN(CCN=[N+]=[N-])CC(=O)ON1C(=O)CCC1=O. The molecule has 0 saturated carbocycles. The molecule has 2 amide bonds. The van der Waals surface area contributed by atoms with Gasteiger partial charge in [-0.3, -0.25) is 14.5 Å². The Hall–Kier alpha value is -2.81. The highest BCUT2D eigenvalue weighted by molar-refractivity contribution is 6.01. The van der Waals surface area contributed by atoms with Crippen LogP contribution < -0.4 is 0 Å². The molecule has 12 heteroatoms. The molecule has 0 bridgehead atoms. The molecule has 0 aliphatic carbocycles. The summed E-state index contributed by atoms with van der Waals surface area (Å²) in [7, 11) is 0. The van der Waals surface area contributed by atoms with E-state index in [1.165, 1.54) is 4.90 Å². The van der Waals surface area contributed by atoms with Gasteiger partial charge in [-0.25, -0.2) is 4.79 Å². The summed E-state index contributed by atoms with van der Waals surface area (Å²) in [6.07, 6.45) is 0.0349. The highest BCUT2D eigenvalue weighted by Gasteiger charge is 2.33. The van der Waals surface area contributed by atoms with Crippen molar-refractivity contribution in [1.82, 2.24) is 9.96 Å². The number of carbonyl (C=O) groups is 3. The highest BCUT2D eigenvalue weighted by Crippen LogP contribution is 2.12. The molecule has 1 aliphatic heterocycles. The van der Waals surface area contributed by atoms with Gasteiger partial charge in [0.05, 0.1) is 6.54 Å². The first-order valence-electron chi connectivity index (χ1n) is 6.39. The maximum Gasteiger partial charge on any atom is 0.347 e. The van der Waals surface area contributed by atoms with Crippen LogP contribution in [0.2, 0.25) is 0 Å². The van der Waals surface area contributed by atoms with E-state index in [0.29, 0.717) is 5.06 Å². The molecule has 1 fully saturated rings. The van der Waals surface area contributed by atoms with Crippen LogP contribution in [0.1, 0.15) is 12.8 Å². The molecule has 0 spiro atoms. The molecule has 0 aromatic carbocycles. The van der Waals surface area contributed by atoms with Crippen molar-refractivity contribution in [2.24, 2.45) is 10.2 Å². The molecule has 12 nitrogen and oxygen atoms in total. The van der Waals surface area contributed by atoms with Gasteiger partial charge in [0.2, 0.25) is 0 Å². The highest BCUT2D eigenvalue weighted by atomic mass is 16.7. The van der Waals surface area contributed by atoms with Gasteiger partial charge in [0.15, 0.2) is 0 Å². The summed E-state index contributed by atoms with van der Waals surface area (Å²) >= 11 is 0. The number of azide groups is 2. The number of hydroxylamine groups is 2. The zero-order valence-corrected chi connectivity index (χ0v) is 11.7. The lowest BCUT2D eigenvalue weighted by Crippen LogP contribution is -2.39. The second-order valence-corrected chi connectivity index (χ2v) is 4.23. The van der Waals surface area contributed by atoms with Gasteiger partial charge < -0.3 is 4.84 Å². The molecule has 0 N–H and O–H groups in total. The summed E-state index contributed by atoms with van der Waals surface area (Å²) in [6, 6.07) is 0. The summed E-state index contributed by atoms with van der Waals surface area (Å²) in [4.78, 5) is 45.8. The molecule has 0 atom stereocenters. The third-order valence-electron chi connectivity index (χ3n) is 2.71. The van der Waals surface area contributed by atoms with Crippen molar-refractivity contribution in [2.45, 2.75) is 12.8 Å². The Morgan fingerprint density at radius 1 is 1.14 bits per heavy atom. The molecule has 0 unspecified atom stereocenters. The van der Waals surface area contributed by atoms with Crippen LogP contribution in [-0.2, 0) is 19.2 Å². The van der Waals surface area contributed by atoms with Crippen molar-refractivity contribution in [1.29, 1.82) is 0 Å². The van der Waals surface area contributed by atoms with Gasteiger partial charge in [0.25, 0.3) is 11.8 Å². The second kappa shape index (κ2) is 9.19. The fourth-order valence-electron chi connectivity index (χ4n) is 1.70. The first-order valence-corrected chi connectivity index (χ1v) is 6.39. The Kier molecular flexibility index (Phi) is 7.20. The minimum atomic E-state index is -0.800. The summed E-state index contributed by atoms with van der Waals surface area (Å²) in [5.41, 5.74) is 16.4. The number of hydrogen-bond donors (Lipinski definition) is 0. The minimum Gasteiger partial charge on any atom is -0.329 e. The second-order valence-electron chi connectivity index (χ2n) is 4.23. The van der Waals surface area contributed by atoms with E-state index in [1.54, 1.807) is 0 Å². The third-order valence-corrected chi connectivity index (χ3v) is 2.71. The Bertz CT molecular complexity index is 499. The van der Waals surface area contributed by atoms with E-state index in [-0.39, 0.29) is 45.6 Å². The van der Waals surface area contributed by atoms with Crippen LogP contribution in [-0.4, -0.2) is 60.5 Å². The van der Waals surface area contributed by atoms with Crippen LogP contribution in [0.25, 0.3) is 20.9 Å². The standard InChI is InChI=1S/C10H14N8O4/c11-15-13-3-5-17(6-4-14-16-12)7-10(21)22-18-8(19)1-2-9(18)20/h1-7H2. The number of imide groups is 1. The van der Waals surface area contributed by atoms with Gasteiger partial charge in [-0.2, -0.15) is 0 Å². The Morgan fingerprint density at radius 2 is 1.64 bits per heavy atom. The van der Waals surface area contributed by atoms with Gasteiger partial charge in [-0.05, 0) is 11.1 Å². The van der Waals surface area contributed by atoms with E-state index >= 15 is 0 Å². The third kappa shape index (κ3) is 5.67. The van der Waals surface area contributed by atoms with Crippen molar-refractivity contribution in [3.05, 3.63) is 20.9 Å². The van der Waals surface area contributed by atoms with Gasteiger partial charge >= 0.3 is 5.97 Å². The summed E-state index contributed by atoms with van der Waals surface area (Å²) in [5, 5.41) is 7.14. The summed E-state index contributed by atoms with van der Waals surface area (Å²) < 4.78 is 0. The molecule has 0 aromatic heterocycles. The quantitative estimate of drug-likeness (QED) is 0.261. The number of hydrogen-bond acceptors (Lipinski definition) is 7. The molecule has 1 rings (SSSR count). The molecule has 22 heavy (non-hydrogen) atoms. The molecule has 1 aliphatic rings. The van der Waals surface area contributed by atoms with Gasteiger partial charge in [0.1, 0.15) is 0 Å². The van der Waals surface area contributed by atoms with Gasteiger partial charge in [-0.1, -0.05) is 10.2 Å².